The number of nitrogens with zero attached hydrogens (tertiary/aromatic N) is 1. The molecule has 0 aliphatic heterocycles. The second-order valence-electron chi connectivity index (χ2n) is 6.01. The molecule has 0 aliphatic rings. The second-order valence-corrected chi connectivity index (χ2v) is 8.73. The minimum Gasteiger partial charge on any atom is -0.493 e. The van der Waals surface area contributed by atoms with Gasteiger partial charge in [0.1, 0.15) is 0 Å². The van der Waals surface area contributed by atoms with Crippen molar-refractivity contribution in [2.75, 3.05) is 36.6 Å². The van der Waals surface area contributed by atoms with E-state index in [0.29, 0.717) is 22.2 Å². The van der Waals surface area contributed by atoms with Crippen molar-refractivity contribution in [2.24, 2.45) is 0 Å². The lowest BCUT2D eigenvalue weighted by atomic mass is 10.1. The van der Waals surface area contributed by atoms with Gasteiger partial charge in [0, 0.05) is 23.8 Å². The number of hydrogen-bond acceptors (Lipinski definition) is 5. The number of rotatable bonds is 7. The summed E-state index contributed by atoms with van der Waals surface area (Å²) < 4.78 is 36.4. The minimum absolute atomic E-state index is 0.116. The van der Waals surface area contributed by atoms with Crippen LogP contribution in [0.4, 0.5) is 11.4 Å². The third kappa shape index (κ3) is 4.51. The number of nitrogens with one attached hydrogen (secondary N) is 1. The summed E-state index contributed by atoms with van der Waals surface area (Å²) in [7, 11) is 0.671. The van der Waals surface area contributed by atoms with E-state index in [1.165, 1.54) is 40.3 Å². The Hall–Kier alpha value is -2.45. The third-order valence-corrected chi connectivity index (χ3v) is 6.30. The molecule has 0 fully saturated rings. The molecule has 0 saturated carbocycles. The fourth-order valence-corrected chi connectivity index (χ4v) is 3.68. The van der Waals surface area contributed by atoms with Crippen LogP contribution in [0.2, 0.25) is 5.02 Å². The number of amides is 1. The van der Waals surface area contributed by atoms with Gasteiger partial charge in [0.2, 0.25) is 10.0 Å². The zero-order chi connectivity index (χ0) is 21.1. The molecule has 0 saturated heterocycles. The van der Waals surface area contributed by atoms with E-state index in [0.717, 1.165) is 9.87 Å². The maximum Gasteiger partial charge on any atom is 0.257 e. The summed E-state index contributed by atoms with van der Waals surface area (Å²) in [6.07, 6.45) is 0. The van der Waals surface area contributed by atoms with Gasteiger partial charge in [-0.15, -0.1) is 0 Å². The van der Waals surface area contributed by atoms with Gasteiger partial charge in [-0.05, 0) is 43.7 Å². The number of sulfonamides is 1. The first-order valence-corrected chi connectivity index (χ1v) is 10.4. The zero-order valence-electron chi connectivity index (χ0n) is 16.4. The first-order valence-electron chi connectivity index (χ1n) is 8.44. The maximum absolute atomic E-state index is 13.0. The number of halogens is 1. The zero-order valence-corrected chi connectivity index (χ0v) is 17.9. The largest absolute Gasteiger partial charge is 0.493 e. The van der Waals surface area contributed by atoms with Gasteiger partial charge in [-0.1, -0.05) is 11.6 Å². The molecule has 152 valence electrons. The predicted molar refractivity (Wildman–Crippen MR) is 112 cm³/mol. The Bertz CT molecular complexity index is 992. The van der Waals surface area contributed by atoms with E-state index < -0.39 is 15.9 Å². The maximum atomic E-state index is 13.0. The van der Waals surface area contributed by atoms with Crippen molar-refractivity contribution in [1.29, 1.82) is 0 Å². The number of ether oxygens (including phenoxy) is 2. The van der Waals surface area contributed by atoms with Crippen LogP contribution in [-0.2, 0) is 10.0 Å². The molecule has 7 nitrogen and oxygen atoms in total. The molecule has 0 unspecified atom stereocenters. The molecule has 0 bridgehead atoms. The highest BCUT2D eigenvalue weighted by atomic mass is 35.5. The van der Waals surface area contributed by atoms with E-state index in [2.05, 4.69) is 5.32 Å². The van der Waals surface area contributed by atoms with E-state index >= 15 is 0 Å². The van der Waals surface area contributed by atoms with E-state index in [1.54, 1.807) is 18.2 Å². The fourth-order valence-electron chi connectivity index (χ4n) is 2.61. The van der Waals surface area contributed by atoms with Crippen LogP contribution in [0.1, 0.15) is 22.8 Å². The average molecular weight is 427 g/mol. The van der Waals surface area contributed by atoms with E-state index in [1.807, 2.05) is 6.92 Å². The van der Waals surface area contributed by atoms with Crippen LogP contribution in [-0.4, -0.2) is 41.3 Å². The summed E-state index contributed by atoms with van der Waals surface area (Å²) in [5, 5.41) is 3.34. The van der Waals surface area contributed by atoms with Crippen molar-refractivity contribution < 1.29 is 22.7 Å². The van der Waals surface area contributed by atoms with Gasteiger partial charge in [-0.25, -0.2) is 8.42 Å². The van der Waals surface area contributed by atoms with Crippen LogP contribution in [0.5, 0.6) is 11.5 Å². The van der Waals surface area contributed by atoms with Crippen molar-refractivity contribution in [3.8, 4) is 11.5 Å². The first-order chi connectivity index (χ1) is 13.1. The van der Waals surface area contributed by atoms with Crippen molar-refractivity contribution in [3.63, 3.8) is 0 Å². The molecular weight excluding hydrogens is 404 g/mol. The number of carbonyl (C=O) groups excluding carboxylic acids is 1. The second kappa shape index (κ2) is 8.70. The van der Waals surface area contributed by atoms with Crippen molar-refractivity contribution in [2.45, 2.75) is 13.8 Å². The Kier molecular flexibility index (Phi) is 6.79. The summed E-state index contributed by atoms with van der Waals surface area (Å²) in [6.45, 7) is 3.34. The lowest BCUT2D eigenvalue weighted by Gasteiger charge is -2.23. The molecule has 28 heavy (non-hydrogen) atoms. The van der Waals surface area contributed by atoms with Crippen molar-refractivity contribution in [3.05, 3.63) is 46.5 Å². The molecule has 2 aromatic carbocycles. The van der Waals surface area contributed by atoms with Crippen LogP contribution in [0.3, 0.4) is 0 Å². The van der Waals surface area contributed by atoms with Gasteiger partial charge in [0.15, 0.2) is 11.5 Å². The quantitative estimate of drug-likeness (QED) is 0.729. The molecule has 9 heteroatoms. The summed E-state index contributed by atoms with van der Waals surface area (Å²) in [5.74, 6) is 0.0239. The predicted octanol–water partition coefficient (Wildman–Crippen LogP) is 3.70. The summed E-state index contributed by atoms with van der Waals surface area (Å²) in [5.41, 5.74) is 1.66. The molecule has 1 N–H and O–H groups in total. The van der Waals surface area contributed by atoms with Gasteiger partial charge in [0.25, 0.3) is 5.91 Å². The van der Waals surface area contributed by atoms with Gasteiger partial charge < -0.3 is 14.8 Å². The average Bonchev–Trinajstić information content (AvgIpc) is 2.68. The van der Waals surface area contributed by atoms with Gasteiger partial charge in [-0.2, -0.15) is 0 Å². The highest BCUT2D eigenvalue weighted by Crippen LogP contribution is 2.36. The molecule has 0 aliphatic carbocycles. The molecule has 2 aromatic rings. The van der Waals surface area contributed by atoms with Crippen LogP contribution in [0, 0.1) is 6.92 Å². The highest BCUT2D eigenvalue weighted by Gasteiger charge is 2.25. The summed E-state index contributed by atoms with van der Waals surface area (Å²) in [4.78, 5) is 13.0. The van der Waals surface area contributed by atoms with Crippen LogP contribution in [0.15, 0.2) is 30.3 Å². The van der Waals surface area contributed by atoms with E-state index in [9.17, 15) is 13.2 Å². The Morgan fingerprint density at radius 2 is 1.75 bits per heavy atom. The number of anilines is 2. The van der Waals surface area contributed by atoms with Gasteiger partial charge in [0.05, 0.1) is 31.2 Å². The summed E-state index contributed by atoms with van der Waals surface area (Å²) in [6, 6.07) is 7.99. The topological polar surface area (TPSA) is 84.9 Å². The number of benzene rings is 2. The van der Waals surface area contributed by atoms with Crippen LogP contribution < -0.4 is 19.1 Å². The van der Waals surface area contributed by atoms with E-state index in [4.69, 9.17) is 21.1 Å². The Balaban J connectivity index is 2.58. The molecular formula is C19H23ClN2O5S. The normalized spacial score (nSPS) is 11.1. The minimum atomic E-state index is -3.60. The smallest absolute Gasteiger partial charge is 0.257 e. The molecule has 0 spiro atoms. The molecule has 0 radical (unpaired) electrons. The van der Waals surface area contributed by atoms with Crippen molar-refractivity contribution >= 4 is 38.9 Å². The lowest BCUT2D eigenvalue weighted by molar-refractivity contribution is 0.102. The summed E-state index contributed by atoms with van der Waals surface area (Å²) >= 11 is 5.96. The van der Waals surface area contributed by atoms with Gasteiger partial charge >= 0.3 is 0 Å². The number of hydrogen-bond donors (Lipinski definition) is 1. The standard InChI is InChI=1S/C19H23ClN2O5S/c1-6-28(24,25)22(3)16-11-18(27-5)17(26-4)10-14(16)19(23)21-15-8-7-13(20)9-12(15)2/h7-11H,6H2,1-5H3,(H,21,23). The molecule has 0 heterocycles. The number of aryl methyl sites for hydroxylation is 1. The molecule has 0 aromatic heterocycles. The Morgan fingerprint density at radius 1 is 1.14 bits per heavy atom. The number of methoxy groups -OCH3 is 2. The monoisotopic (exact) mass is 426 g/mol. The molecule has 0 atom stereocenters. The third-order valence-electron chi connectivity index (χ3n) is 4.30. The molecule has 1 amide bonds. The van der Waals surface area contributed by atoms with E-state index in [-0.39, 0.29) is 17.0 Å². The SMILES string of the molecule is CCS(=O)(=O)N(C)c1cc(OC)c(OC)cc1C(=O)Nc1ccc(Cl)cc1C. The highest BCUT2D eigenvalue weighted by molar-refractivity contribution is 7.92. The van der Waals surface area contributed by atoms with Crippen LogP contribution >= 0.6 is 11.6 Å². The number of carbonyl (C=O) groups is 1. The van der Waals surface area contributed by atoms with Gasteiger partial charge in [-0.3, -0.25) is 9.10 Å². The Labute approximate surface area is 170 Å². The molecule has 2 rings (SSSR count). The Morgan fingerprint density at radius 3 is 2.29 bits per heavy atom. The first kappa shape index (κ1) is 21.8. The van der Waals surface area contributed by atoms with Crippen LogP contribution in [0.25, 0.3) is 0 Å². The lowest BCUT2D eigenvalue weighted by Crippen LogP contribution is -2.30. The van der Waals surface area contributed by atoms with Crippen molar-refractivity contribution in [1.82, 2.24) is 0 Å². The fraction of sp³-hybridized carbons (Fsp3) is 0.316.